The summed E-state index contributed by atoms with van der Waals surface area (Å²) in [6.07, 6.45) is 2.16. The van der Waals surface area contributed by atoms with E-state index in [0.717, 1.165) is 73.2 Å². The van der Waals surface area contributed by atoms with Crippen molar-refractivity contribution in [1.29, 1.82) is 0 Å². The normalized spacial score (nSPS) is 13.9. The highest BCUT2D eigenvalue weighted by molar-refractivity contribution is 5.76. The molecule has 0 radical (unpaired) electrons. The Labute approximate surface area is 209 Å². The number of benzene rings is 2. The number of nitrogens with zero attached hydrogens (tertiary/aromatic N) is 4. The SMILES string of the molecule is CCc1nc(-c2ccccc2)nc(N2CCN(C(=O)CC(C)C)CC2)c1Cc1cccc(OC)c1. The first-order chi connectivity index (χ1) is 17.0. The number of aromatic nitrogens is 2. The van der Waals surface area contributed by atoms with E-state index in [1.54, 1.807) is 7.11 Å². The minimum atomic E-state index is 0.248. The summed E-state index contributed by atoms with van der Waals surface area (Å²) in [5.41, 5.74) is 4.40. The maximum absolute atomic E-state index is 12.6. The number of aryl methyl sites for hydroxylation is 1. The van der Waals surface area contributed by atoms with Crippen molar-refractivity contribution in [2.24, 2.45) is 5.92 Å². The van der Waals surface area contributed by atoms with Crippen molar-refractivity contribution in [3.8, 4) is 17.1 Å². The molecule has 0 saturated carbocycles. The zero-order chi connectivity index (χ0) is 24.8. The molecule has 1 saturated heterocycles. The monoisotopic (exact) mass is 472 g/mol. The number of carbonyl (C=O) groups excluding carboxylic acids is 1. The Balaban J connectivity index is 1.69. The highest BCUT2D eigenvalue weighted by atomic mass is 16.5. The lowest BCUT2D eigenvalue weighted by Crippen LogP contribution is -2.49. The Morgan fingerprint density at radius 1 is 1.00 bits per heavy atom. The molecular formula is C29H36N4O2. The number of anilines is 1. The maximum atomic E-state index is 12.6. The van der Waals surface area contributed by atoms with Gasteiger partial charge in [-0.05, 0) is 30.0 Å². The molecule has 1 amide bonds. The van der Waals surface area contributed by atoms with Crippen LogP contribution in [0.15, 0.2) is 54.6 Å². The minimum Gasteiger partial charge on any atom is -0.497 e. The van der Waals surface area contributed by atoms with E-state index in [0.29, 0.717) is 12.3 Å². The smallest absolute Gasteiger partial charge is 0.222 e. The molecule has 0 unspecified atom stereocenters. The van der Waals surface area contributed by atoms with Crippen molar-refractivity contribution in [3.05, 3.63) is 71.4 Å². The molecule has 6 nitrogen and oxygen atoms in total. The fraction of sp³-hybridized carbons (Fsp3) is 0.414. The molecule has 1 aromatic heterocycles. The second-order valence-corrected chi connectivity index (χ2v) is 9.51. The molecule has 2 aromatic carbocycles. The average molecular weight is 473 g/mol. The van der Waals surface area contributed by atoms with E-state index in [1.165, 1.54) is 5.56 Å². The average Bonchev–Trinajstić information content (AvgIpc) is 2.89. The van der Waals surface area contributed by atoms with E-state index in [-0.39, 0.29) is 5.91 Å². The highest BCUT2D eigenvalue weighted by Gasteiger charge is 2.26. The van der Waals surface area contributed by atoms with Gasteiger partial charge < -0.3 is 14.5 Å². The zero-order valence-corrected chi connectivity index (χ0v) is 21.3. The third-order valence-corrected chi connectivity index (χ3v) is 6.47. The number of hydrogen-bond donors (Lipinski definition) is 0. The molecule has 6 heteroatoms. The molecule has 0 atom stereocenters. The van der Waals surface area contributed by atoms with Gasteiger partial charge in [-0.1, -0.05) is 63.2 Å². The zero-order valence-electron chi connectivity index (χ0n) is 21.3. The van der Waals surface area contributed by atoms with Crippen LogP contribution in [-0.4, -0.2) is 54.1 Å². The van der Waals surface area contributed by atoms with Crippen molar-refractivity contribution in [2.45, 2.75) is 40.0 Å². The van der Waals surface area contributed by atoms with Gasteiger partial charge in [0, 0.05) is 55.8 Å². The van der Waals surface area contributed by atoms with Gasteiger partial charge in [0.25, 0.3) is 0 Å². The van der Waals surface area contributed by atoms with Crippen molar-refractivity contribution in [2.75, 3.05) is 38.2 Å². The van der Waals surface area contributed by atoms with Gasteiger partial charge in [0.2, 0.25) is 5.91 Å². The van der Waals surface area contributed by atoms with Gasteiger partial charge in [-0.2, -0.15) is 0 Å². The summed E-state index contributed by atoms with van der Waals surface area (Å²) in [5.74, 6) is 3.21. The van der Waals surface area contributed by atoms with E-state index < -0.39 is 0 Å². The number of amides is 1. The van der Waals surface area contributed by atoms with Gasteiger partial charge in [0.05, 0.1) is 7.11 Å². The van der Waals surface area contributed by atoms with E-state index in [4.69, 9.17) is 14.7 Å². The van der Waals surface area contributed by atoms with E-state index in [1.807, 2.05) is 35.2 Å². The van der Waals surface area contributed by atoms with Crippen molar-refractivity contribution < 1.29 is 9.53 Å². The third-order valence-electron chi connectivity index (χ3n) is 6.47. The molecule has 3 aromatic rings. The molecule has 0 N–H and O–H groups in total. The quantitative estimate of drug-likeness (QED) is 0.462. The maximum Gasteiger partial charge on any atom is 0.222 e. The minimum absolute atomic E-state index is 0.248. The van der Waals surface area contributed by atoms with Gasteiger partial charge in [-0.25, -0.2) is 9.97 Å². The van der Waals surface area contributed by atoms with Crippen molar-refractivity contribution in [1.82, 2.24) is 14.9 Å². The van der Waals surface area contributed by atoms with Gasteiger partial charge >= 0.3 is 0 Å². The number of ether oxygens (including phenoxy) is 1. The van der Waals surface area contributed by atoms with Crippen LogP contribution in [-0.2, 0) is 17.6 Å². The van der Waals surface area contributed by atoms with Crippen LogP contribution in [0, 0.1) is 5.92 Å². The Bertz CT molecular complexity index is 1140. The fourth-order valence-electron chi connectivity index (χ4n) is 4.60. The number of rotatable bonds is 8. The summed E-state index contributed by atoms with van der Waals surface area (Å²) in [6, 6.07) is 18.4. The molecule has 1 fully saturated rings. The number of piperazine rings is 1. The highest BCUT2D eigenvalue weighted by Crippen LogP contribution is 2.30. The van der Waals surface area contributed by atoms with Crippen LogP contribution in [0.1, 0.15) is 44.0 Å². The number of carbonyl (C=O) groups is 1. The Morgan fingerprint density at radius 3 is 2.40 bits per heavy atom. The topological polar surface area (TPSA) is 58.6 Å². The summed E-state index contributed by atoms with van der Waals surface area (Å²) < 4.78 is 5.46. The summed E-state index contributed by atoms with van der Waals surface area (Å²) in [4.78, 5) is 27.1. The van der Waals surface area contributed by atoms with Crippen LogP contribution in [0.3, 0.4) is 0 Å². The molecule has 184 valence electrons. The standard InChI is InChI=1S/C29H36N4O2/c1-5-26-25(20-22-10-9-13-24(19-22)35-4)29(31-28(30-26)23-11-7-6-8-12-23)33-16-14-32(15-17-33)27(34)18-21(2)3/h6-13,19,21H,5,14-18,20H2,1-4H3. The van der Waals surface area contributed by atoms with Crippen LogP contribution in [0.4, 0.5) is 5.82 Å². The largest absolute Gasteiger partial charge is 0.497 e. The fourth-order valence-corrected chi connectivity index (χ4v) is 4.60. The predicted molar refractivity (Wildman–Crippen MR) is 141 cm³/mol. The van der Waals surface area contributed by atoms with Gasteiger partial charge in [-0.15, -0.1) is 0 Å². The number of hydrogen-bond acceptors (Lipinski definition) is 5. The van der Waals surface area contributed by atoms with Crippen LogP contribution in [0.2, 0.25) is 0 Å². The number of methoxy groups -OCH3 is 1. The molecule has 0 spiro atoms. The predicted octanol–water partition coefficient (Wildman–Crippen LogP) is 5.00. The van der Waals surface area contributed by atoms with Crippen molar-refractivity contribution in [3.63, 3.8) is 0 Å². The summed E-state index contributed by atoms with van der Waals surface area (Å²) in [7, 11) is 1.69. The first kappa shape index (κ1) is 24.7. The second-order valence-electron chi connectivity index (χ2n) is 9.51. The molecule has 0 bridgehead atoms. The van der Waals surface area contributed by atoms with Crippen molar-refractivity contribution >= 4 is 11.7 Å². The van der Waals surface area contributed by atoms with Crippen LogP contribution < -0.4 is 9.64 Å². The van der Waals surface area contributed by atoms with E-state index >= 15 is 0 Å². The van der Waals surface area contributed by atoms with Crippen LogP contribution >= 0.6 is 0 Å². The summed E-state index contributed by atoms with van der Waals surface area (Å²) in [5, 5.41) is 0. The second kappa shape index (κ2) is 11.3. The molecule has 4 rings (SSSR count). The Morgan fingerprint density at radius 2 is 1.74 bits per heavy atom. The van der Waals surface area contributed by atoms with Gasteiger partial charge in [0.1, 0.15) is 11.6 Å². The first-order valence-corrected chi connectivity index (χ1v) is 12.6. The lowest BCUT2D eigenvalue weighted by molar-refractivity contribution is -0.132. The lowest BCUT2D eigenvalue weighted by Gasteiger charge is -2.37. The molecular weight excluding hydrogens is 436 g/mol. The Hall–Kier alpha value is -3.41. The lowest BCUT2D eigenvalue weighted by atomic mass is 10.0. The summed E-state index contributed by atoms with van der Waals surface area (Å²) in [6.45, 7) is 9.31. The molecule has 1 aliphatic heterocycles. The molecule has 2 heterocycles. The van der Waals surface area contributed by atoms with Crippen LogP contribution in [0.25, 0.3) is 11.4 Å². The first-order valence-electron chi connectivity index (χ1n) is 12.6. The third kappa shape index (κ3) is 5.99. The molecule has 1 aliphatic rings. The molecule has 35 heavy (non-hydrogen) atoms. The van der Waals surface area contributed by atoms with Gasteiger partial charge in [0.15, 0.2) is 5.82 Å². The van der Waals surface area contributed by atoms with Gasteiger partial charge in [-0.3, -0.25) is 4.79 Å². The Kier molecular flexibility index (Phi) is 8.01. The van der Waals surface area contributed by atoms with Crippen LogP contribution in [0.5, 0.6) is 5.75 Å². The van der Waals surface area contributed by atoms with E-state index in [2.05, 4.69) is 49.9 Å². The summed E-state index contributed by atoms with van der Waals surface area (Å²) >= 11 is 0. The van der Waals surface area contributed by atoms with E-state index in [9.17, 15) is 4.79 Å². The molecule has 0 aliphatic carbocycles.